The topological polar surface area (TPSA) is 128 Å². The van der Waals surface area contributed by atoms with Crippen molar-refractivity contribution < 1.29 is 22.7 Å². The van der Waals surface area contributed by atoms with Crippen molar-refractivity contribution in [2.75, 3.05) is 0 Å². The highest BCUT2D eigenvalue weighted by Gasteiger charge is 2.37. The highest BCUT2D eigenvalue weighted by molar-refractivity contribution is 7.89. The number of hydrogen-bond acceptors (Lipinski definition) is 5. The number of rotatable bonds is 10. The lowest BCUT2D eigenvalue weighted by molar-refractivity contribution is -0.133. The number of primary sulfonamides is 1. The molecule has 8 nitrogen and oxygen atoms in total. The van der Waals surface area contributed by atoms with Gasteiger partial charge in [0, 0.05) is 30.5 Å². The van der Waals surface area contributed by atoms with Gasteiger partial charge in [-0.25, -0.2) is 13.6 Å². The Morgan fingerprint density at radius 2 is 1.19 bits per heavy atom. The standard InChI is InChI=1S/C33H33N3O5S/c34-42(39,40)31-12-5-4-9-28(31)25-17-13-23(14-18-25)21-35-32(37)29-10-6-11-30(29)33(38)36-22-24-15-19-27(20-16-24)41-26-7-2-1-3-8-26/h1-5,7-9,12-20,29-30H,6,10-11,21-22H2,(H,35,37)(H,36,38)(H2,34,39,40)/t29?,30-/m1/s1. The van der Waals surface area contributed by atoms with Gasteiger partial charge in [0.2, 0.25) is 21.8 Å². The summed E-state index contributed by atoms with van der Waals surface area (Å²) in [5, 5.41) is 11.3. The SMILES string of the molecule is NS(=O)(=O)c1ccccc1-c1ccc(CNC(=O)C2CCC[C@H]2C(=O)NCc2ccc(Oc3ccccc3)cc2)cc1. The molecule has 2 amide bonds. The lowest BCUT2D eigenvalue weighted by Gasteiger charge is -2.19. The molecule has 2 atom stereocenters. The number of ether oxygens (including phenoxy) is 1. The Morgan fingerprint density at radius 1 is 0.690 bits per heavy atom. The van der Waals surface area contributed by atoms with Gasteiger partial charge < -0.3 is 15.4 Å². The van der Waals surface area contributed by atoms with Crippen molar-refractivity contribution in [2.24, 2.45) is 17.0 Å². The van der Waals surface area contributed by atoms with Crippen molar-refractivity contribution in [3.05, 3.63) is 114 Å². The van der Waals surface area contributed by atoms with Crippen LogP contribution in [0.5, 0.6) is 11.5 Å². The van der Waals surface area contributed by atoms with Crippen LogP contribution in [0.1, 0.15) is 30.4 Å². The Balaban J connectivity index is 1.12. The molecule has 4 aromatic rings. The van der Waals surface area contributed by atoms with Crippen LogP contribution in [-0.4, -0.2) is 20.2 Å². The molecule has 0 saturated heterocycles. The second-order valence-electron chi connectivity index (χ2n) is 10.4. The van der Waals surface area contributed by atoms with Gasteiger partial charge in [0.1, 0.15) is 11.5 Å². The molecule has 1 saturated carbocycles. The monoisotopic (exact) mass is 583 g/mol. The van der Waals surface area contributed by atoms with Crippen LogP contribution < -0.4 is 20.5 Å². The number of nitrogens with two attached hydrogens (primary N) is 1. The van der Waals surface area contributed by atoms with Gasteiger partial charge in [0.15, 0.2) is 0 Å². The molecule has 9 heteroatoms. The van der Waals surface area contributed by atoms with Gasteiger partial charge >= 0.3 is 0 Å². The molecule has 0 aromatic heterocycles. The van der Waals surface area contributed by atoms with E-state index >= 15 is 0 Å². The first-order chi connectivity index (χ1) is 20.3. The van der Waals surface area contributed by atoms with Crippen molar-refractivity contribution in [2.45, 2.75) is 37.2 Å². The largest absolute Gasteiger partial charge is 0.457 e. The van der Waals surface area contributed by atoms with Gasteiger partial charge in [-0.2, -0.15) is 0 Å². The number of carbonyl (C=O) groups is 2. The van der Waals surface area contributed by atoms with Crippen LogP contribution in [0.2, 0.25) is 0 Å². The van der Waals surface area contributed by atoms with Gasteiger partial charge in [-0.3, -0.25) is 9.59 Å². The Morgan fingerprint density at radius 3 is 1.76 bits per heavy atom. The molecule has 1 aliphatic rings. The second kappa shape index (κ2) is 13.0. The van der Waals surface area contributed by atoms with Gasteiger partial charge in [-0.15, -0.1) is 0 Å². The fourth-order valence-electron chi connectivity index (χ4n) is 5.28. The predicted molar refractivity (Wildman–Crippen MR) is 161 cm³/mol. The molecular weight excluding hydrogens is 550 g/mol. The van der Waals surface area contributed by atoms with E-state index in [4.69, 9.17) is 9.88 Å². The fraction of sp³-hybridized carbons (Fsp3) is 0.212. The summed E-state index contributed by atoms with van der Waals surface area (Å²) in [6.07, 6.45) is 2.16. The fourth-order valence-corrected chi connectivity index (χ4v) is 6.04. The van der Waals surface area contributed by atoms with Crippen molar-refractivity contribution in [1.82, 2.24) is 10.6 Å². The first-order valence-corrected chi connectivity index (χ1v) is 15.4. The molecule has 4 N–H and O–H groups in total. The zero-order valence-electron chi connectivity index (χ0n) is 23.0. The van der Waals surface area contributed by atoms with Crippen LogP contribution >= 0.6 is 0 Å². The van der Waals surface area contributed by atoms with E-state index in [1.54, 1.807) is 30.3 Å². The zero-order chi connectivity index (χ0) is 29.5. The van der Waals surface area contributed by atoms with Crippen LogP contribution in [0, 0.1) is 11.8 Å². The van der Waals surface area contributed by atoms with Crippen LogP contribution in [-0.2, 0) is 32.7 Å². The highest BCUT2D eigenvalue weighted by atomic mass is 32.2. The van der Waals surface area contributed by atoms with Crippen LogP contribution in [0.15, 0.2) is 108 Å². The number of benzene rings is 4. The number of para-hydroxylation sites is 1. The summed E-state index contributed by atoms with van der Waals surface area (Å²) in [5.41, 5.74) is 3.03. The van der Waals surface area contributed by atoms with E-state index in [0.29, 0.717) is 42.8 Å². The molecule has 42 heavy (non-hydrogen) atoms. The molecule has 1 unspecified atom stereocenters. The van der Waals surface area contributed by atoms with E-state index in [1.165, 1.54) is 6.07 Å². The minimum Gasteiger partial charge on any atom is -0.457 e. The van der Waals surface area contributed by atoms with Gasteiger partial charge in [0.25, 0.3) is 0 Å². The summed E-state index contributed by atoms with van der Waals surface area (Å²) in [4.78, 5) is 26.1. The molecule has 0 bridgehead atoms. The third-order valence-corrected chi connectivity index (χ3v) is 8.45. The lowest BCUT2D eigenvalue weighted by Crippen LogP contribution is -2.39. The molecule has 4 aromatic carbocycles. The average molecular weight is 584 g/mol. The predicted octanol–water partition coefficient (Wildman–Crippen LogP) is 5.14. The van der Waals surface area contributed by atoms with Crippen molar-refractivity contribution >= 4 is 21.8 Å². The summed E-state index contributed by atoms with van der Waals surface area (Å²) in [6, 6.07) is 30.9. The number of nitrogens with one attached hydrogen (secondary N) is 2. The van der Waals surface area contributed by atoms with Crippen LogP contribution in [0.3, 0.4) is 0 Å². The summed E-state index contributed by atoms with van der Waals surface area (Å²) >= 11 is 0. The Hall–Kier alpha value is -4.47. The average Bonchev–Trinajstić information content (AvgIpc) is 3.50. The first kappa shape index (κ1) is 29.0. The maximum absolute atomic E-state index is 13.1. The second-order valence-corrected chi connectivity index (χ2v) is 11.9. The molecule has 0 radical (unpaired) electrons. The summed E-state index contributed by atoms with van der Waals surface area (Å²) in [7, 11) is -3.86. The third kappa shape index (κ3) is 7.23. The molecule has 0 spiro atoms. The number of sulfonamides is 1. The molecule has 0 aliphatic heterocycles. The van der Waals surface area contributed by atoms with Crippen molar-refractivity contribution in [3.63, 3.8) is 0 Å². The van der Waals surface area contributed by atoms with Crippen LogP contribution in [0.25, 0.3) is 11.1 Å². The van der Waals surface area contributed by atoms with Gasteiger partial charge in [-0.1, -0.05) is 79.2 Å². The van der Waals surface area contributed by atoms with Crippen LogP contribution in [0.4, 0.5) is 0 Å². The molecule has 1 fully saturated rings. The summed E-state index contributed by atoms with van der Waals surface area (Å²) in [6.45, 7) is 0.675. The van der Waals surface area contributed by atoms with E-state index in [9.17, 15) is 18.0 Å². The number of hydrogen-bond donors (Lipinski definition) is 3. The smallest absolute Gasteiger partial charge is 0.238 e. The van der Waals surface area contributed by atoms with E-state index in [1.807, 2.05) is 66.7 Å². The van der Waals surface area contributed by atoms with E-state index in [2.05, 4.69) is 10.6 Å². The maximum Gasteiger partial charge on any atom is 0.238 e. The quantitative estimate of drug-likeness (QED) is 0.238. The minimum atomic E-state index is -3.86. The van der Waals surface area contributed by atoms with E-state index in [-0.39, 0.29) is 28.5 Å². The molecule has 1 aliphatic carbocycles. The van der Waals surface area contributed by atoms with E-state index < -0.39 is 10.0 Å². The minimum absolute atomic E-state index is 0.0608. The zero-order valence-corrected chi connectivity index (χ0v) is 23.8. The summed E-state index contributed by atoms with van der Waals surface area (Å²) < 4.78 is 29.7. The van der Waals surface area contributed by atoms with Gasteiger partial charge in [-0.05, 0) is 59.9 Å². The van der Waals surface area contributed by atoms with Crippen molar-refractivity contribution in [1.29, 1.82) is 0 Å². The number of amides is 2. The van der Waals surface area contributed by atoms with Gasteiger partial charge in [0.05, 0.1) is 4.90 Å². The third-order valence-electron chi connectivity index (χ3n) is 7.48. The Kier molecular flexibility index (Phi) is 9.00. The molecule has 0 heterocycles. The Bertz CT molecular complexity index is 1640. The number of carbonyl (C=O) groups excluding carboxylic acids is 2. The highest BCUT2D eigenvalue weighted by Crippen LogP contribution is 2.32. The first-order valence-electron chi connectivity index (χ1n) is 13.9. The normalized spacial score (nSPS) is 16.5. The lowest BCUT2D eigenvalue weighted by atomic mass is 9.94. The molecule has 216 valence electrons. The Labute approximate surface area is 246 Å². The summed E-state index contributed by atoms with van der Waals surface area (Å²) in [5.74, 6) is 0.461. The maximum atomic E-state index is 13.1. The van der Waals surface area contributed by atoms with Crippen molar-refractivity contribution in [3.8, 4) is 22.6 Å². The van der Waals surface area contributed by atoms with E-state index in [0.717, 1.165) is 23.3 Å². The molecule has 5 rings (SSSR count). The molecular formula is C33H33N3O5S.